The lowest BCUT2D eigenvalue weighted by atomic mass is 9.85. The van der Waals surface area contributed by atoms with Gasteiger partial charge in [0.25, 0.3) is 0 Å². The van der Waals surface area contributed by atoms with Crippen LogP contribution in [0.1, 0.15) is 84.1 Å². The van der Waals surface area contributed by atoms with Gasteiger partial charge in [0, 0.05) is 85.4 Å². The first kappa shape index (κ1) is 30.3. The highest BCUT2D eigenvalue weighted by Gasteiger charge is 2.26. The lowest BCUT2D eigenvalue weighted by Crippen LogP contribution is -2.31. The summed E-state index contributed by atoms with van der Waals surface area (Å²) in [6.45, 7) is 0. The topological polar surface area (TPSA) is 107 Å². The standard InChI is InChI=1S/2C19H20N2O2/c2*1-21-17-7-5-12(9-13(17)6-8-19(21)23)15-10-20-11-16-14(15)3-2-4-18(16)22/h2*5,7,9-11,18,22H,2-4,6,8H2,1H3. The van der Waals surface area contributed by atoms with Gasteiger partial charge in [0.15, 0.2) is 0 Å². The summed E-state index contributed by atoms with van der Waals surface area (Å²) in [5.41, 5.74) is 13.3. The van der Waals surface area contributed by atoms with E-state index in [9.17, 15) is 19.8 Å². The summed E-state index contributed by atoms with van der Waals surface area (Å²) in [6, 6.07) is 12.5. The minimum absolute atomic E-state index is 0.173. The molecule has 0 saturated heterocycles. The highest BCUT2D eigenvalue weighted by atomic mass is 16.3. The summed E-state index contributed by atoms with van der Waals surface area (Å²) >= 11 is 0. The molecule has 2 atom stereocenters. The van der Waals surface area contributed by atoms with Crippen LogP contribution in [-0.4, -0.2) is 46.1 Å². The largest absolute Gasteiger partial charge is 0.388 e. The van der Waals surface area contributed by atoms with Crippen LogP contribution in [0.15, 0.2) is 61.2 Å². The van der Waals surface area contributed by atoms with Gasteiger partial charge in [-0.3, -0.25) is 19.6 Å². The van der Waals surface area contributed by atoms with E-state index in [4.69, 9.17) is 0 Å². The van der Waals surface area contributed by atoms with E-state index in [-0.39, 0.29) is 11.8 Å². The molecule has 0 saturated carbocycles. The maximum absolute atomic E-state index is 11.8. The van der Waals surface area contributed by atoms with Crippen LogP contribution in [0.25, 0.3) is 22.3 Å². The third-order valence-electron chi connectivity index (χ3n) is 10.2. The van der Waals surface area contributed by atoms with E-state index in [1.165, 1.54) is 22.3 Å². The number of rotatable bonds is 2. The highest BCUT2D eigenvalue weighted by molar-refractivity contribution is 5.97. The Morgan fingerprint density at radius 1 is 0.609 bits per heavy atom. The van der Waals surface area contributed by atoms with E-state index in [1.807, 2.05) is 38.6 Å². The third kappa shape index (κ3) is 5.50. The number of hydrogen-bond acceptors (Lipinski definition) is 6. The van der Waals surface area contributed by atoms with Crippen molar-refractivity contribution in [3.05, 3.63) is 94.6 Å². The number of fused-ring (bicyclic) bond motifs is 4. The fourth-order valence-corrected chi connectivity index (χ4v) is 7.54. The van der Waals surface area contributed by atoms with Crippen molar-refractivity contribution in [2.45, 2.75) is 76.4 Å². The van der Waals surface area contributed by atoms with Crippen molar-refractivity contribution in [2.24, 2.45) is 0 Å². The molecule has 0 spiro atoms. The van der Waals surface area contributed by atoms with Crippen molar-refractivity contribution in [3.8, 4) is 22.3 Å². The molecule has 236 valence electrons. The molecule has 0 radical (unpaired) electrons. The Balaban J connectivity index is 0.000000147. The molecule has 2 amide bonds. The molecule has 0 fully saturated rings. The van der Waals surface area contributed by atoms with Crippen molar-refractivity contribution in [2.75, 3.05) is 23.9 Å². The van der Waals surface area contributed by atoms with Gasteiger partial charge in [0.05, 0.1) is 12.2 Å². The number of amides is 2. The number of aliphatic hydroxyl groups is 2. The SMILES string of the molecule is CN1C(=O)CCc2cc(-c3cncc4c3CCCC4O)ccc21.CN1C(=O)CCc2cc(-c3cncc4c3CCCC4O)ccc21. The first-order chi connectivity index (χ1) is 22.3. The van der Waals surface area contributed by atoms with Gasteiger partial charge in [0.1, 0.15) is 0 Å². The smallest absolute Gasteiger partial charge is 0.227 e. The summed E-state index contributed by atoms with van der Waals surface area (Å²) in [4.78, 5) is 35.8. The predicted molar refractivity (Wildman–Crippen MR) is 179 cm³/mol. The molecule has 46 heavy (non-hydrogen) atoms. The number of aryl methyl sites for hydroxylation is 2. The predicted octanol–water partition coefficient (Wildman–Crippen LogP) is 6.05. The van der Waals surface area contributed by atoms with E-state index in [2.05, 4.69) is 34.2 Å². The molecule has 0 bridgehead atoms. The van der Waals surface area contributed by atoms with Gasteiger partial charge < -0.3 is 20.0 Å². The van der Waals surface area contributed by atoms with Crippen LogP contribution < -0.4 is 9.80 Å². The number of carbonyl (C=O) groups excluding carboxylic acids is 2. The lowest BCUT2D eigenvalue weighted by Gasteiger charge is -2.27. The molecule has 4 heterocycles. The summed E-state index contributed by atoms with van der Waals surface area (Å²) < 4.78 is 0. The summed E-state index contributed by atoms with van der Waals surface area (Å²) in [5, 5.41) is 20.4. The van der Waals surface area contributed by atoms with Gasteiger partial charge in [-0.05, 0) is 109 Å². The monoisotopic (exact) mass is 616 g/mol. The van der Waals surface area contributed by atoms with Crippen molar-refractivity contribution >= 4 is 23.2 Å². The summed E-state index contributed by atoms with van der Waals surface area (Å²) in [7, 11) is 3.67. The van der Waals surface area contributed by atoms with E-state index in [0.29, 0.717) is 12.8 Å². The molecule has 2 aromatic carbocycles. The minimum Gasteiger partial charge on any atom is -0.388 e. The maximum atomic E-state index is 11.8. The number of nitrogens with zero attached hydrogens (tertiary/aromatic N) is 4. The Morgan fingerprint density at radius 2 is 1.04 bits per heavy atom. The zero-order chi connectivity index (χ0) is 31.9. The van der Waals surface area contributed by atoms with Crippen LogP contribution in [0.2, 0.25) is 0 Å². The molecule has 8 nitrogen and oxygen atoms in total. The van der Waals surface area contributed by atoms with Crippen LogP contribution in [0.4, 0.5) is 11.4 Å². The minimum atomic E-state index is -0.396. The second-order valence-electron chi connectivity index (χ2n) is 12.9. The number of pyridine rings is 2. The van der Waals surface area contributed by atoms with Gasteiger partial charge in [-0.15, -0.1) is 0 Å². The molecule has 2 aromatic heterocycles. The Hall–Kier alpha value is -4.40. The van der Waals surface area contributed by atoms with Crippen LogP contribution in [0.5, 0.6) is 0 Å². The normalized spacial score (nSPS) is 20.2. The average Bonchev–Trinajstić information content (AvgIpc) is 3.08. The second-order valence-corrected chi connectivity index (χ2v) is 12.9. The Kier molecular flexibility index (Phi) is 8.17. The average molecular weight is 617 g/mol. The molecule has 2 aliphatic carbocycles. The first-order valence-corrected chi connectivity index (χ1v) is 16.4. The van der Waals surface area contributed by atoms with Crippen LogP contribution >= 0.6 is 0 Å². The van der Waals surface area contributed by atoms with Gasteiger partial charge in [0.2, 0.25) is 11.8 Å². The van der Waals surface area contributed by atoms with E-state index in [1.54, 1.807) is 22.2 Å². The number of aliphatic hydroxyl groups excluding tert-OH is 2. The van der Waals surface area contributed by atoms with E-state index < -0.39 is 12.2 Å². The van der Waals surface area contributed by atoms with Crippen molar-refractivity contribution in [1.29, 1.82) is 0 Å². The first-order valence-electron chi connectivity index (χ1n) is 16.4. The molecular weight excluding hydrogens is 576 g/mol. The number of carbonyl (C=O) groups is 2. The number of aromatic nitrogens is 2. The maximum Gasteiger partial charge on any atom is 0.227 e. The van der Waals surface area contributed by atoms with Gasteiger partial charge in [-0.25, -0.2) is 0 Å². The van der Waals surface area contributed by atoms with Gasteiger partial charge in [-0.1, -0.05) is 12.1 Å². The second kappa shape index (κ2) is 12.4. The fraction of sp³-hybridized carbons (Fsp3) is 0.368. The Labute approximate surface area is 269 Å². The lowest BCUT2D eigenvalue weighted by molar-refractivity contribution is -0.119. The number of hydrogen-bond donors (Lipinski definition) is 2. The summed E-state index contributed by atoms with van der Waals surface area (Å²) in [5.74, 6) is 0.347. The molecule has 8 heteroatoms. The highest BCUT2D eigenvalue weighted by Crippen LogP contribution is 2.39. The van der Waals surface area contributed by atoms with Crippen LogP contribution in [0.3, 0.4) is 0 Å². The fourth-order valence-electron chi connectivity index (χ4n) is 7.54. The van der Waals surface area contributed by atoms with E-state index in [0.717, 1.165) is 96.1 Å². The number of anilines is 2. The third-order valence-corrected chi connectivity index (χ3v) is 10.2. The summed E-state index contributed by atoms with van der Waals surface area (Å²) in [6.07, 6.45) is 14.9. The van der Waals surface area contributed by atoms with Crippen LogP contribution in [0, 0.1) is 0 Å². The molecule has 2 N–H and O–H groups in total. The quantitative estimate of drug-likeness (QED) is 0.284. The van der Waals surface area contributed by atoms with Crippen molar-refractivity contribution in [1.82, 2.24) is 9.97 Å². The van der Waals surface area contributed by atoms with Crippen molar-refractivity contribution < 1.29 is 19.8 Å². The molecule has 2 aliphatic heterocycles. The van der Waals surface area contributed by atoms with Gasteiger partial charge >= 0.3 is 0 Å². The molecule has 4 aromatic rings. The Bertz CT molecular complexity index is 1700. The van der Waals surface area contributed by atoms with Crippen LogP contribution in [-0.2, 0) is 35.3 Å². The zero-order valence-electron chi connectivity index (χ0n) is 26.5. The van der Waals surface area contributed by atoms with E-state index >= 15 is 0 Å². The molecular formula is C38H40N4O4. The molecule has 2 unspecified atom stereocenters. The Morgan fingerprint density at radius 3 is 1.48 bits per heavy atom. The zero-order valence-corrected chi connectivity index (χ0v) is 26.5. The van der Waals surface area contributed by atoms with Crippen molar-refractivity contribution in [3.63, 3.8) is 0 Å². The number of benzene rings is 2. The molecule has 8 rings (SSSR count). The van der Waals surface area contributed by atoms with Gasteiger partial charge in [-0.2, -0.15) is 0 Å². The molecule has 4 aliphatic rings.